The molecule has 0 bridgehead atoms. The number of thioether (sulfide) groups is 1. The molecule has 2 aromatic heterocycles. The summed E-state index contributed by atoms with van der Waals surface area (Å²) in [6.45, 7) is 0. The lowest BCUT2D eigenvalue weighted by atomic mass is 10.2. The Labute approximate surface area is 184 Å². The summed E-state index contributed by atoms with van der Waals surface area (Å²) in [5.74, 6) is 0.872. The number of nitrogens with zero attached hydrogens (tertiary/aromatic N) is 4. The molecule has 0 aliphatic heterocycles. The molecule has 4 rings (SSSR count). The summed E-state index contributed by atoms with van der Waals surface area (Å²) >= 11 is 6.17. The van der Waals surface area contributed by atoms with E-state index in [9.17, 15) is 4.79 Å². The molecule has 0 saturated carbocycles. The van der Waals surface area contributed by atoms with Gasteiger partial charge >= 0.3 is 0 Å². The Kier molecular flexibility index (Phi) is 6.08. The molecule has 0 atom stereocenters. The molecule has 2 aromatic carbocycles. The minimum absolute atomic E-state index is 0.129. The van der Waals surface area contributed by atoms with Gasteiger partial charge in [-0.05, 0) is 12.1 Å². The van der Waals surface area contributed by atoms with E-state index < -0.39 is 0 Å². The molecule has 0 aliphatic carbocycles. The molecule has 0 aliphatic rings. The van der Waals surface area contributed by atoms with E-state index in [1.165, 1.54) is 23.1 Å². The lowest BCUT2D eigenvalue weighted by Gasteiger charge is -2.04. The number of hydrogen-bond donors (Lipinski definition) is 1. The smallest absolute Gasteiger partial charge is 0.236 e. The van der Waals surface area contributed by atoms with E-state index in [2.05, 4.69) is 36.4 Å². The Balaban J connectivity index is 1.36. The number of nitrogens with one attached hydrogen (secondary N) is 1. The Morgan fingerprint density at radius 1 is 1.10 bits per heavy atom. The molecule has 0 spiro atoms. The van der Waals surface area contributed by atoms with Crippen LogP contribution in [0.4, 0.5) is 5.13 Å². The molecule has 1 N–H and O–H groups in total. The first-order valence-electron chi connectivity index (χ1n) is 8.69. The number of carbonyl (C=O) groups is 1. The number of carbonyl (C=O) groups excluding carboxylic acids is 1. The standard InChI is InChI=1S/C20H16BrN5OS2/c1-26-18(14-5-3-2-4-6-14)24-25-20(26)29-12-17(27)23-19-22-16(11-28-19)13-7-9-15(21)10-8-13/h2-11H,12H2,1H3,(H,22,23,27). The van der Waals surface area contributed by atoms with Crippen LogP contribution in [0.5, 0.6) is 0 Å². The molecular weight excluding hydrogens is 470 g/mol. The van der Waals surface area contributed by atoms with Crippen molar-refractivity contribution in [2.45, 2.75) is 5.16 Å². The molecule has 4 aromatic rings. The lowest BCUT2D eigenvalue weighted by molar-refractivity contribution is -0.113. The molecule has 0 radical (unpaired) electrons. The van der Waals surface area contributed by atoms with Gasteiger partial charge in [-0.25, -0.2) is 4.98 Å². The number of halogens is 1. The third-order valence-corrected chi connectivity index (χ3v) is 6.40. The largest absolute Gasteiger partial charge is 0.305 e. The van der Waals surface area contributed by atoms with Crippen LogP contribution in [0, 0.1) is 0 Å². The highest BCUT2D eigenvalue weighted by atomic mass is 79.9. The second-order valence-corrected chi connectivity index (χ2v) is 8.83. The highest BCUT2D eigenvalue weighted by Gasteiger charge is 2.14. The van der Waals surface area contributed by atoms with Crippen LogP contribution in [0.1, 0.15) is 0 Å². The summed E-state index contributed by atoms with van der Waals surface area (Å²) in [6.07, 6.45) is 0. The first kappa shape index (κ1) is 19.8. The number of benzene rings is 2. The van der Waals surface area contributed by atoms with Crippen molar-refractivity contribution < 1.29 is 4.79 Å². The van der Waals surface area contributed by atoms with Crippen LogP contribution in [0.25, 0.3) is 22.6 Å². The SMILES string of the molecule is Cn1c(SCC(=O)Nc2nc(-c3ccc(Br)cc3)cs2)nnc1-c1ccccc1. The van der Waals surface area contributed by atoms with E-state index in [4.69, 9.17) is 0 Å². The molecule has 1 amide bonds. The fourth-order valence-corrected chi connectivity index (χ4v) is 4.36. The highest BCUT2D eigenvalue weighted by Crippen LogP contribution is 2.27. The predicted octanol–water partition coefficient (Wildman–Crippen LogP) is 5.10. The van der Waals surface area contributed by atoms with Gasteiger partial charge in [0, 0.05) is 28.0 Å². The maximum atomic E-state index is 12.3. The van der Waals surface area contributed by atoms with Gasteiger partial charge in [-0.2, -0.15) is 0 Å². The van der Waals surface area contributed by atoms with E-state index in [1.54, 1.807) is 0 Å². The molecular formula is C20H16BrN5OS2. The van der Waals surface area contributed by atoms with E-state index in [0.29, 0.717) is 10.3 Å². The normalized spacial score (nSPS) is 10.8. The number of aromatic nitrogens is 4. The summed E-state index contributed by atoms with van der Waals surface area (Å²) in [6, 6.07) is 17.7. The molecule has 0 saturated heterocycles. The van der Waals surface area contributed by atoms with Gasteiger partial charge in [0.25, 0.3) is 0 Å². The number of hydrogen-bond acceptors (Lipinski definition) is 6. The molecule has 0 unspecified atom stereocenters. The Morgan fingerprint density at radius 2 is 1.86 bits per heavy atom. The summed E-state index contributed by atoms with van der Waals surface area (Å²) in [5.41, 5.74) is 2.83. The quantitative estimate of drug-likeness (QED) is 0.384. The van der Waals surface area contributed by atoms with Crippen LogP contribution >= 0.6 is 39.0 Å². The van der Waals surface area contributed by atoms with Crippen LogP contribution in [0.3, 0.4) is 0 Å². The zero-order chi connectivity index (χ0) is 20.2. The van der Waals surface area contributed by atoms with Gasteiger partial charge in [0.1, 0.15) is 0 Å². The van der Waals surface area contributed by atoms with E-state index in [0.717, 1.165) is 27.1 Å². The van der Waals surface area contributed by atoms with E-state index in [-0.39, 0.29) is 11.7 Å². The van der Waals surface area contributed by atoms with Gasteiger partial charge in [0.15, 0.2) is 16.1 Å². The van der Waals surface area contributed by atoms with Crippen molar-refractivity contribution in [1.82, 2.24) is 19.7 Å². The summed E-state index contributed by atoms with van der Waals surface area (Å²) in [5, 5.41) is 14.5. The van der Waals surface area contributed by atoms with Crippen molar-refractivity contribution in [3.63, 3.8) is 0 Å². The van der Waals surface area contributed by atoms with E-state index >= 15 is 0 Å². The van der Waals surface area contributed by atoms with Gasteiger partial charge < -0.3 is 9.88 Å². The van der Waals surface area contributed by atoms with Crippen LogP contribution in [-0.2, 0) is 11.8 Å². The summed E-state index contributed by atoms with van der Waals surface area (Å²) in [4.78, 5) is 16.8. The second-order valence-electron chi connectivity index (χ2n) is 6.11. The molecule has 29 heavy (non-hydrogen) atoms. The van der Waals surface area contributed by atoms with Gasteiger partial charge in [-0.3, -0.25) is 4.79 Å². The zero-order valence-electron chi connectivity index (χ0n) is 15.4. The molecule has 6 nitrogen and oxygen atoms in total. The third kappa shape index (κ3) is 4.75. The Morgan fingerprint density at radius 3 is 2.62 bits per heavy atom. The summed E-state index contributed by atoms with van der Waals surface area (Å²) < 4.78 is 2.91. The number of thiazole rings is 1. The minimum atomic E-state index is -0.129. The fourth-order valence-electron chi connectivity index (χ4n) is 2.65. The fraction of sp³-hybridized carbons (Fsp3) is 0.100. The zero-order valence-corrected chi connectivity index (χ0v) is 18.6. The van der Waals surface area contributed by atoms with Gasteiger partial charge in [0.05, 0.1) is 11.4 Å². The second kappa shape index (κ2) is 8.89. The average Bonchev–Trinajstić information content (AvgIpc) is 3.34. The topological polar surface area (TPSA) is 72.7 Å². The summed E-state index contributed by atoms with van der Waals surface area (Å²) in [7, 11) is 1.90. The number of anilines is 1. The maximum absolute atomic E-state index is 12.3. The first-order valence-corrected chi connectivity index (χ1v) is 11.3. The predicted molar refractivity (Wildman–Crippen MR) is 121 cm³/mol. The Bertz CT molecular complexity index is 1130. The average molecular weight is 486 g/mol. The van der Waals surface area contributed by atoms with Crippen LogP contribution in [0.15, 0.2) is 69.6 Å². The minimum Gasteiger partial charge on any atom is -0.305 e. The number of amides is 1. The monoisotopic (exact) mass is 485 g/mol. The first-order chi connectivity index (χ1) is 14.1. The molecule has 9 heteroatoms. The Hall–Kier alpha value is -2.49. The van der Waals surface area contributed by atoms with Crippen molar-refractivity contribution in [1.29, 1.82) is 0 Å². The lowest BCUT2D eigenvalue weighted by Crippen LogP contribution is -2.14. The van der Waals surface area contributed by atoms with Gasteiger partial charge in [-0.15, -0.1) is 21.5 Å². The highest BCUT2D eigenvalue weighted by molar-refractivity contribution is 9.10. The van der Waals surface area contributed by atoms with Crippen molar-refractivity contribution in [2.75, 3.05) is 11.1 Å². The van der Waals surface area contributed by atoms with Gasteiger partial charge in [0.2, 0.25) is 5.91 Å². The van der Waals surface area contributed by atoms with Crippen molar-refractivity contribution in [3.05, 3.63) is 64.5 Å². The maximum Gasteiger partial charge on any atom is 0.236 e. The molecule has 0 fully saturated rings. The van der Waals surface area contributed by atoms with Crippen molar-refractivity contribution in [3.8, 4) is 22.6 Å². The van der Waals surface area contributed by atoms with E-state index in [1.807, 2.05) is 71.6 Å². The van der Waals surface area contributed by atoms with Crippen LogP contribution in [-0.4, -0.2) is 31.4 Å². The van der Waals surface area contributed by atoms with Crippen LogP contribution < -0.4 is 5.32 Å². The number of rotatable bonds is 6. The molecule has 146 valence electrons. The third-order valence-electron chi connectivity index (χ3n) is 4.09. The van der Waals surface area contributed by atoms with Crippen molar-refractivity contribution >= 4 is 50.1 Å². The van der Waals surface area contributed by atoms with Crippen molar-refractivity contribution in [2.24, 2.45) is 7.05 Å². The van der Waals surface area contributed by atoms with Gasteiger partial charge in [-0.1, -0.05) is 70.2 Å². The molecule has 2 heterocycles. The van der Waals surface area contributed by atoms with Crippen LogP contribution in [0.2, 0.25) is 0 Å².